The summed E-state index contributed by atoms with van der Waals surface area (Å²) in [5.41, 5.74) is 0. The highest BCUT2D eigenvalue weighted by Gasteiger charge is 2.23. The van der Waals surface area contributed by atoms with E-state index in [-0.39, 0.29) is 6.10 Å². The van der Waals surface area contributed by atoms with Crippen molar-refractivity contribution in [1.29, 1.82) is 0 Å². The molecule has 0 aliphatic rings. The Morgan fingerprint density at radius 3 is 1.44 bits per heavy atom. The Balaban J connectivity index is 3.58. The van der Waals surface area contributed by atoms with Gasteiger partial charge >= 0.3 is 6.72 Å². The van der Waals surface area contributed by atoms with Crippen LogP contribution in [0.1, 0.15) is 103 Å². The lowest BCUT2D eigenvalue weighted by molar-refractivity contribution is -0.873. The van der Waals surface area contributed by atoms with Crippen LogP contribution in [-0.2, 0) is 16.3 Å². The summed E-state index contributed by atoms with van der Waals surface area (Å²) in [6.45, 7) is -0.553. The van der Waals surface area contributed by atoms with E-state index in [4.69, 9.17) is 4.52 Å². The minimum Gasteiger partial charge on any atom is -0.329 e. The smallest absolute Gasteiger partial charge is 0.322 e. The number of hydrogen-bond donors (Lipinski definition) is 2. The fourth-order valence-electron chi connectivity index (χ4n) is 3.55. The van der Waals surface area contributed by atoms with E-state index in [9.17, 15) is 9.79 Å². The lowest BCUT2D eigenvalue weighted by Gasteiger charge is -2.30. The molecule has 0 spiro atoms. The summed E-state index contributed by atoms with van der Waals surface area (Å²) >= 11 is 4.65. The first-order valence-corrected chi connectivity index (χ1v) is 13.8. The number of unbranched alkanes of at least 4 members (excludes halogenated alkanes) is 13. The molecule has 0 aromatic rings. The maximum absolute atomic E-state index is 9.45. The molecule has 0 bridgehead atoms. The molecule has 0 aromatic carbocycles. The highest BCUT2D eigenvalue weighted by atomic mass is 32.5. The van der Waals surface area contributed by atoms with E-state index in [2.05, 4.69) is 39.9 Å². The van der Waals surface area contributed by atoms with Gasteiger partial charge in [0.25, 0.3) is 0 Å². The first kappa shape index (κ1) is 27.5. The standard InChI is InChI=1S/C21H46NO3PS/c1-5-6-7-8-9-10-11-12-13-14-15-16-17-18-19-21(20-22(2,3)4)25-26(23,24)27/h21H,5-20H2,1-4H3,(H-,23,24,27)/p+1. The molecular formula is C21H47NO3PS+. The lowest BCUT2D eigenvalue weighted by atomic mass is 10.0. The van der Waals surface area contributed by atoms with Crippen LogP contribution in [0.3, 0.4) is 0 Å². The van der Waals surface area contributed by atoms with Gasteiger partial charge in [0.05, 0.1) is 21.1 Å². The first-order valence-electron chi connectivity index (χ1n) is 11.2. The second-order valence-electron chi connectivity index (χ2n) is 9.08. The van der Waals surface area contributed by atoms with Gasteiger partial charge in [-0.3, -0.25) is 4.52 Å². The summed E-state index contributed by atoms with van der Waals surface area (Å²) in [4.78, 5) is 18.9. The second-order valence-corrected chi connectivity index (χ2v) is 11.7. The molecule has 2 N–H and O–H groups in total. The zero-order chi connectivity index (χ0) is 20.6. The van der Waals surface area contributed by atoms with Crippen molar-refractivity contribution in [1.82, 2.24) is 0 Å². The monoisotopic (exact) mass is 424 g/mol. The maximum Gasteiger partial charge on any atom is 0.322 e. The molecule has 0 saturated carbocycles. The van der Waals surface area contributed by atoms with Crippen LogP contribution < -0.4 is 0 Å². The van der Waals surface area contributed by atoms with Gasteiger partial charge in [-0.15, -0.1) is 0 Å². The summed E-state index contributed by atoms with van der Waals surface area (Å²) < 4.78 is 6.08. The predicted octanol–water partition coefficient (Wildman–Crippen LogP) is 6.16. The molecule has 0 aromatic heterocycles. The van der Waals surface area contributed by atoms with Crippen LogP contribution in [-0.4, -0.2) is 48.1 Å². The molecule has 6 heteroatoms. The van der Waals surface area contributed by atoms with E-state index >= 15 is 0 Å². The van der Waals surface area contributed by atoms with Gasteiger partial charge in [0, 0.05) is 0 Å². The maximum atomic E-state index is 9.45. The molecule has 0 fully saturated rings. The fraction of sp³-hybridized carbons (Fsp3) is 1.00. The van der Waals surface area contributed by atoms with Gasteiger partial charge in [0.2, 0.25) is 0 Å². The minimum absolute atomic E-state index is 0.164. The largest absolute Gasteiger partial charge is 0.329 e. The van der Waals surface area contributed by atoms with Crippen molar-refractivity contribution in [2.24, 2.45) is 0 Å². The summed E-state index contributed by atoms with van der Waals surface area (Å²) in [6.07, 6.45) is 19.5. The normalized spacial score (nSPS) is 13.9. The Labute approximate surface area is 174 Å². The molecular weight excluding hydrogens is 377 g/mol. The molecule has 1 unspecified atom stereocenters. The third kappa shape index (κ3) is 22.6. The van der Waals surface area contributed by atoms with Crippen LogP contribution in [0.4, 0.5) is 0 Å². The Kier molecular flexibility index (Phi) is 16.6. The van der Waals surface area contributed by atoms with Gasteiger partial charge in [-0.05, 0) is 18.2 Å². The van der Waals surface area contributed by atoms with Crippen LogP contribution in [0, 0.1) is 0 Å². The van der Waals surface area contributed by atoms with Crippen molar-refractivity contribution in [3.63, 3.8) is 0 Å². The van der Waals surface area contributed by atoms with E-state index in [1.54, 1.807) is 0 Å². The van der Waals surface area contributed by atoms with Crippen molar-refractivity contribution in [2.45, 2.75) is 109 Å². The summed E-state index contributed by atoms with van der Waals surface area (Å²) in [5.74, 6) is 0. The summed E-state index contributed by atoms with van der Waals surface area (Å²) in [6, 6.07) is 0. The highest BCUT2D eigenvalue weighted by molar-refractivity contribution is 8.06. The van der Waals surface area contributed by atoms with Crippen LogP contribution in [0.2, 0.25) is 0 Å². The molecule has 27 heavy (non-hydrogen) atoms. The predicted molar refractivity (Wildman–Crippen MR) is 121 cm³/mol. The van der Waals surface area contributed by atoms with Crippen LogP contribution in [0.15, 0.2) is 0 Å². The molecule has 164 valence electrons. The molecule has 0 radical (unpaired) electrons. The quantitative estimate of drug-likeness (QED) is 0.148. The van der Waals surface area contributed by atoms with Gasteiger partial charge in [-0.1, -0.05) is 96.8 Å². The summed E-state index contributed by atoms with van der Waals surface area (Å²) in [5, 5.41) is 0. The van der Waals surface area contributed by atoms with Crippen LogP contribution in [0.5, 0.6) is 0 Å². The van der Waals surface area contributed by atoms with Crippen molar-refractivity contribution >= 4 is 18.5 Å². The third-order valence-corrected chi connectivity index (χ3v) is 5.75. The number of quaternary nitrogens is 1. The van der Waals surface area contributed by atoms with E-state index in [0.717, 1.165) is 23.9 Å². The molecule has 0 heterocycles. The third-order valence-electron chi connectivity index (χ3n) is 4.92. The molecule has 0 rings (SSSR count). The summed E-state index contributed by atoms with van der Waals surface area (Å²) in [7, 11) is 6.25. The van der Waals surface area contributed by atoms with Gasteiger partial charge in [0.15, 0.2) is 0 Å². The molecule has 0 aliphatic carbocycles. The second kappa shape index (κ2) is 16.3. The Bertz CT molecular complexity index is 382. The van der Waals surface area contributed by atoms with Crippen molar-refractivity contribution < 1.29 is 18.8 Å². The van der Waals surface area contributed by atoms with Gasteiger partial charge in [-0.2, -0.15) is 0 Å². The van der Waals surface area contributed by atoms with E-state index in [0.29, 0.717) is 0 Å². The topological polar surface area (TPSA) is 49.7 Å². The van der Waals surface area contributed by atoms with Crippen LogP contribution >= 0.6 is 6.72 Å². The minimum atomic E-state index is -3.57. The number of likely N-dealkylation sites (N-methyl/N-ethyl adjacent to an activating group) is 1. The Hall–Kier alpha value is 0.490. The number of hydrogen-bond acceptors (Lipinski definition) is 2. The SMILES string of the molecule is CCCCCCCCCCCCCCCCC(C[N+](C)(C)C)OP(O)(O)=S. The van der Waals surface area contributed by atoms with Crippen molar-refractivity contribution in [3.05, 3.63) is 0 Å². The molecule has 0 aliphatic heterocycles. The molecule has 1 atom stereocenters. The fourth-order valence-corrected chi connectivity index (χ4v) is 4.47. The zero-order valence-electron chi connectivity index (χ0n) is 18.5. The van der Waals surface area contributed by atoms with Crippen molar-refractivity contribution in [2.75, 3.05) is 27.7 Å². The molecule has 0 amide bonds. The van der Waals surface area contributed by atoms with Gasteiger partial charge in [-0.25, -0.2) is 0 Å². The zero-order valence-corrected chi connectivity index (χ0v) is 20.2. The average molecular weight is 425 g/mol. The first-order chi connectivity index (χ1) is 12.6. The molecule has 4 nitrogen and oxygen atoms in total. The van der Waals surface area contributed by atoms with E-state index in [1.165, 1.54) is 83.5 Å². The Morgan fingerprint density at radius 1 is 0.741 bits per heavy atom. The van der Waals surface area contributed by atoms with E-state index in [1.807, 2.05) is 0 Å². The Morgan fingerprint density at radius 2 is 1.11 bits per heavy atom. The molecule has 0 saturated heterocycles. The lowest BCUT2D eigenvalue weighted by Crippen LogP contribution is -2.42. The van der Waals surface area contributed by atoms with Crippen LogP contribution in [0.25, 0.3) is 0 Å². The number of nitrogens with zero attached hydrogens (tertiary/aromatic N) is 1. The van der Waals surface area contributed by atoms with Crippen molar-refractivity contribution in [3.8, 4) is 0 Å². The highest BCUT2D eigenvalue weighted by Crippen LogP contribution is 2.39. The average Bonchev–Trinajstić information content (AvgIpc) is 2.52. The van der Waals surface area contributed by atoms with Gasteiger partial charge in [0.1, 0.15) is 12.6 Å². The number of rotatable bonds is 19. The van der Waals surface area contributed by atoms with E-state index < -0.39 is 6.72 Å². The van der Waals surface area contributed by atoms with Gasteiger partial charge < -0.3 is 14.3 Å².